The molecule has 7 rings (SSSR count). The minimum absolute atomic E-state index is 0. The van der Waals surface area contributed by atoms with E-state index in [-0.39, 0.29) is 21.1 Å². The minimum atomic E-state index is 0. The Labute approximate surface area is 262 Å². The van der Waals surface area contributed by atoms with Gasteiger partial charge in [-0.1, -0.05) is 91.0 Å². The van der Waals surface area contributed by atoms with E-state index in [9.17, 15) is 0 Å². The monoisotopic (exact) mass is 724 g/mol. The van der Waals surface area contributed by atoms with Crippen LogP contribution in [0.5, 0.6) is 0 Å². The van der Waals surface area contributed by atoms with Crippen molar-refractivity contribution >= 4 is 28.4 Å². The van der Waals surface area contributed by atoms with E-state index in [1.165, 1.54) is 22.3 Å². The van der Waals surface area contributed by atoms with Gasteiger partial charge in [0.1, 0.15) is 0 Å². The van der Waals surface area contributed by atoms with Crippen LogP contribution in [0.1, 0.15) is 0 Å². The van der Waals surface area contributed by atoms with E-state index in [1.807, 2.05) is 31.0 Å². The first-order chi connectivity index (χ1) is 20.3. The van der Waals surface area contributed by atoms with Crippen LogP contribution in [0, 0.1) is 31.2 Å². The number of para-hydroxylation sites is 3. The van der Waals surface area contributed by atoms with Gasteiger partial charge in [0.15, 0.2) is 0 Å². The second kappa shape index (κ2) is 12.8. The van der Waals surface area contributed by atoms with Crippen LogP contribution in [0.4, 0.5) is 28.4 Å². The topological polar surface area (TPSA) is 36.8 Å². The summed E-state index contributed by atoms with van der Waals surface area (Å²) in [5, 5.41) is 6.25. The summed E-state index contributed by atoms with van der Waals surface area (Å²) in [6, 6.07) is 46.4. The van der Waals surface area contributed by atoms with E-state index in [4.69, 9.17) is 11.8 Å². The van der Waals surface area contributed by atoms with Crippen molar-refractivity contribution in [2.75, 3.05) is 21.7 Å². The molecule has 5 nitrogen and oxygen atoms in total. The van der Waals surface area contributed by atoms with Crippen molar-refractivity contribution in [2.45, 2.75) is 0 Å². The summed E-state index contributed by atoms with van der Waals surface area (Å²) in [5.41, 5.74) is 10.1. The third-order valence-electron chi connectivity index (χ3n) is 7.15. The molecule has 0 radical (unpaired) electrons. The van der Waals surface area contributed by atoms with Crippen molar-refractivity contribution in [3.63, 3.8) is 0 Å². The fourth-order valence-corrected chi connectivity index (χ4v) is 5.31. The fraction of sp³-hybridized carbons (Fsp3) is 0.0278. The number of rotatable bonds is 5. The van der Waals surface area contributed by atoms with Gasteiger partial charge in [0.25, 0.3) is 0 Å². The Hall–Kier alpha value is -4.78. The maximum atomic E-state index is 6.25. The zero-order valence-corrected chi connectivity index (χ0v) is 25.2. The predicted molar refractivity (Wildman–Crippen MR) is 166 cm³/mol. The molecule has 0 bridgehead atoms. The van der Waals surface area contributed by atoms with Gasteiger partial charge < -0.3 is 31.4 Å². The molecule has 6 heteroatoms. The summed E-state index contributed by atoms with van der Waals surface area (Å²) in [4.78, 5) is 8.68. The predicted octanol–water partition coefficient (Wildman–Crippen LogP) is 8.67. The van der Waals surface area contributed by atoms with Crippen LogP contribution < -0.4 is 14.7 Å². The molecule has 0 spiro atoms. The van der Waals surface area contributed by atoms with Gasteiger partial charge in [-0.2, -0.15) is 12.7 Å². The molecule has 0 atom stereocenters. The molecule has 42 heavy (non-hydrogen) atoms. The molecule has 0 unspecified atom stereocenters. The molecule has 5 aromatic carbocycles. The second-order valence-electron chi connectivity index (χ2n) is 9.69. The molecular weight excluding hydrogens is 698 g/mol. The Morgan fingerprint density at radius 1 is 0.571 bits per heavy atom. The number of hydrogen-bond donors (Lipinski definition) is 0. The molecule has 0 N–H and O–H groups in total. The molecule has 0 aromatic heterocycles. The van der Waals surface area contributed by atoms with Crippen molar-refractivity contribution in [1.82, 2.24) is 4.90 Å². The average molecular weight is 725 g/mol. The first-order valence-corrected chi connectivity index (χ1v) is 13.3. The average Bonchev–Trinajstić information content (AvgIpc) is 3.66. The van der Waals surface area contributed by atoms with Gasteiger partial charge in [-0.25, -0.2) is 0 Å². The maximum Gasteiger partial charge on any atom is 4.00 e. The van der Waals surface area contributed by atoms with Crippen molar-refractivity contribution in [1.29, 1.82) is 5.26 Å². The van der Waals surface area contributed by atoms with Crippen molar-refractivity contribution in [3.05, 3.63) is 160 Å². The van der Waals surface area contributed by atoms with Crippen LogP contribution in [0.2, 0.25) is 0 Å². The number of anilines is 5. The molecule has 0 amide bonds. The molecule has 206 valence electrons. The van der Waals surface area contributed by atoms with Crippen molar-refractivity contribution < 1.29 is 21.1 Å². The smallest absolute Gasteiger partial charge is 0.512 e. The van der Waals surface area contributed by atoms with Crippen molar-refractivity contribution in [2.24, 2.45) is 0 Å². The molecule has 0 fully saturated rings. The van der Waals surface area contributed by atoms with Gasteiger partial charge in [-0.3, -0.25) is 0 Å². The van der Waals surface area contributed by atoms with Crippen molar-refractivity contribution in [3.8, 4) is 22.3 Å². The van der Waals surface area contributed by atoms with Gasteiger partial charge in [-0.05, 0) is 42.7 Å². The van der Waals surface area contributed by atoms with E-state index in [2.05, 4.69) is 149 Å². The zero-order chi connectivity index (χ0) is 28.2. The van der Waals surface area contributed by atoms with Gasteiger partial charge in [0.05, 0.1) is 0 Å². The van der Waals surface area contributed by atoms with Gasteiger partial charge >= 0.3 is 21.1 Å². The van der Waals surface area contributed by atoms with E-state index in [0.717, 1.165) is 28.4 Å². The van der Waals surface area contributed by atoms with Crippen LogP contribution in [0.25, 0.3) is 22.3 Å². The largest absolute Gasteiger partial charge is 4.00 e. The van der Waals surface area contributed by atoms with Gasteiger partial charge in [0.2, 0.25) is 0 Å². The first kappa shape index (κ1) is 28.7. The van der Waals surface area contributed by atoms with Crippen LogP contribution in [0.3, 0.4) is 0 Å². The second-order valence-corrected chi connectivity index (χ2v) is 9.69. The third-order valence-corrected chi connectivity index (χ3v) is 7.15. The standard InChI is InChI=1S/C35H27N4.CN.Pt/c1-36-22-23-37(25-36)29-16-10-17-30(24-29)38-26-39(34-21-9-8-20-33(34)38)35-31(27-12-4-2-5-13-27)18-11-19-32(35)28-14-6-3-7-15-28;1-2;/h2-23,25-26H,1H3;;/q-3;-1;+4. The summed E-state index contributed by atoms with van der Waals surface area (Å²) in [6.45, 7) is 9.00. The van der Waals surface area contributed by atoms with Crippen LogP contribution >= 0.6 is 0 Å². The van der Waals surface area contributed by atoms with E-state index in [0.29, 0.717) is 0 Å². The number of hydrogen-bond acceptors (Lipinski definition) is 5. The number of nitrogens with zero attached hydrogens (tertiary/aromatic N) is 5. The SMILES string of the molecule is CN1C=CN(c2[c-]c(N3[CH-]N(c4c(-c5ccccc5)cccc4-c4ccccc4)c4ccccc43)ccc2)[CH-]1.[C-]#N.[Pt+4]. The zero-order valence-electron chi connectivity index (χ0n) is 22.9. The summed E-state index contributed by atoms with van der Waals surface area (Å²) in [5.74, 6) is 0. The molecule has 2 aliphatic rings. The van der Waals surface area contributed by atoms with Crippen LogP contribution in [0.15, 0.2) is 134 Å². The summed E-state index contributed by atoms with van der Waals surface area (Å²) in [6.07, 6.45) is 4.08. The maximum absolute atomic E-state index is 6.25. The van der Waals surface area contributed by atoms with E-state index in [1.54, 1.807) is 0 Å². The molecule has 5 aromatic rings. The van der Waals surface area contributed by atoms with Crippen LogP contribution in [-0.4, -0.2) is 11.9 Å². The molecule has 2 heterocycles. The van der Waals surface area contributed by atoms with E-state index >= 15 is 0 Å². The molecule has 0 saturated carbocycles. The Balaban J connectivity index is 0.00000115. The Bertz CT molecular complexity index is 1640. The number of fused-ring (bicyclic) bond motifs is 1. The van der Waals surface area contributed by atoms with Gasteiger partial charge in [0, 0.05) is 28.2 Å². The van der Waals surface area contributed by atoms with Crippen LogP contribution in [-0.2, 0) is 21.1 Å². The third kappa shape index (κ3) is 5.42. The summed E-state index contributed by atoms with van der Waals surface area (Å²) >= 11 is 0. The molecule has 0 aliphatic carbocycles. The normalized spacial score (nSPS) is 13.3. The summed E-state index contributed by atoms with van der Waals surface area (Å²) in [7, 11) is 2.03. The Morgan fingerprint density at radius 3 is 1.67 bits per heavy atom. The fourth-order valence-electron chi connectivity index (χ4n) is 5.31. The minimum Gasteiger partial charge on any atom is -0.512 e. The molecular formula is C36H27N5Pt. The molecule has 0 saturated heterocycles. The quantitative estimate of drug-likeness (QED) is 0.170. The first-order valence-electron chi connectivity index (χ1n) is 13.3. The summed E-state index contributed by atoms with van der Waals surface area (Å²) < 4.78 is 0. The Kier molecular flexibility index (Phi) is 8.76. The van der Waals surface area contributed by atoms with E-state index < -0.39 is 0 Å². The Morgan fingerprint density at radius 2 is 1.10 bits per heavy atom. The number of benzene rings is 5. The molecule has 2 aliphatic heterocycles. The van der Waals surface area contributed by atoms with Gasteiger partial charge in [-0.15, -0.1) is 36.2 Å².